The molecule has 1 N–H and O–H groups in total. The zero-order valence-electron chi connectivity index (χ0n) is 12.1. The molecule has 0 radical (unpaired) electrons. The number of halogens is 3. The molecule has 112 valence electrons. The summed E-state index contributed by atoms with van der Waals surface area (Å²) in [6.45, 7) is 5.05. The highest BCUT2D eigenvalue weighted by Gasteiger charge is 2.16. The van der Waals surface area contributed by atoms with Gasteiger partial charge in [-0.1, -0.05) is 57.0 Å². The van der Waals surface area contributed by atoms with E-state index in [1.165, 1.54) is 23.3 Å². The summed E-state index contributed by atoms with van der Waals surface area (Å²) in [5, 5.41) is 3.50. The molecular formula is C17H18Br2FN. The lowest BCUT2D eigenvalue weighted by atomic mass is 9.98. The van der Waals surface area contributed by atoms with Gasteiger partial charge in [-0.3, -0.25) is 0 Å². The van der Waals surface area contributed by atoms with Crippen molar-refractivity contribution in [3.05, 3.63) is 67.9 Å². The molecule has 21 heavy (non-hydrogen) atoms. The van der Waals surface area contributed by atoms with Crippen molar-refractivity contribution < 1.29 is 4.39 Å². The predicted molar refractivity (Wildman–Crippen MR) is 93.1 cm³/mol. The van der Waals surface area contributed by atoms with Crippen LogP contribution in [0.1, 0.15) is 29.7 Å². The van der Waals surface area contributed by atoms with Crippen molar-refractivity contribution in [2.45, 2.75) is 26.3 Å². The Morgan fingerprint density at radius 1 is 1.10 bits per heavy atom. The Morgan fingerprint density at radius 3 is 2.48 bits per heavy atom. The van der Waals surface area contributed by atoms with Gasteiger partial charge in [0.25, 0.3) is 0 Å². The summed E-state index contributed by atoms with van der Waals surface area (Å²) < 4.78 is 15.1. The van der Waals surface area contributed by atoms with Crippen molar-refractivity contribution in [3.63, 3.8) is 0 Å². The third kappa shape index (κ3) is 4.38. The van der Waals surface area contributed by atoms with E-state index in [0.717, 1.165) is 27.5 Å². The average Bonchev–Trinajstić information content (AvgIpc) is 2.41. The molecule has 0 aliphatic heterocycles. The summed E-state index contributed by atoms with van der Waals surface area (Å²) in [5.41, 5.74) is 3.54. The number of hydrogen-bond acceptors (Lipinski definition) is 1. The molecule has 1 nitrogen and oxygen atoms in total. The highest BCUT2D eigenvalue weighted by Crippen LogP contribution is 2.29. The van der Waals surface area contributed by atoms with Gasteiger partial charge in [0, 0.05) is 15.0 Å². The van der Waals surface area contributed by atoms with E-state index < -0.39 is 0 Å². The van der Waals surface area contributed by atoms with Crippen LogP contribution in [0.2, 0.25) is 0 Å². The SMILES string of the molecule is CCNC(Cc1ccc(F)cc1Br)c1ccc(C)cc1Br. The third-order valence-corrected chi connectivity index (χ3v) is 4.85. The second-order valence-electron chi connectivity index (χ2n) is 5.08. The second kappa shape index (κ2) is 7.52. The van der Waals surface area contributed by atoms with E-state index >= 15 is 0 Å². The molecule has 0 saturated heterocycles. The van der Waals surface area contributed by atoms with Crippen molar-refractivity contribution in [1.82, 2.24) is 5.32 Å². The minimum Gasteiger partial charge on any atom is -0.310 e. The van der Waals surface area contributed by atoms with Gasteiger partial charge in [-0.15, -0.1) is 0 Å². The molecule has 2 rings (SSSR count). The van der Waals surface area contributed by atoms with Gasteiger partial charge in [0.15, 0.2) is 0 Å². The van der Waals surface area contributed by atoms with Crippen molar-refractivity contribution in [2.75, 3.05) is 6.54 Å². The fourth-order valence-electron chi connectivity index (χ4n) is 2.36. The van der Waals surface area contributed by atoms with E-state index in [1.54, 1.807) is 0 Å². The van der Waals surface area contributed by atoms with Gasteiger partial charge in [0.1, 0.15) is 5.82 Å². The smallest absolute Gasteiger partial charge is 0.124 e. The Balaban J connectivity index is 2.30. The predicted octanol–water partition coefficient (Wildman–Crippen LogP) is 5.55. The number of hydrogen-bond donors (Lipinski definition) is 1. The van der Waals surface area contributed by atoms with E-state index in [9.17, 15) is 4.39 Å². The molecule has 1 unspecified atom stereocenters. The molecule has 0 aliphatic rings. The largest absolute Gasteiger partial charge is 0.310 e. The molecule has 2 aromatic carbocycles. The normalized spacial score (nSPS) is 12.4. The topological polar surface area (TPSA) is 12.0 Å². The van der Waals surface area contributed by atoms with Crippen molar-refractivity contribution in [1.29, 1.82) is 0 Å². The Labute approximate surface area is 142 Å². The highest BCUT2D eigenvalue weighted by atomic mass is 79.9. The molecule has 1 atom stereocenters. The maximum atomic E-state index is 13.2. The number of rotatable bonds is 5. The minimum absolute atomic E-state index is 0.187. The molecule has 0 bridgehead atoms. The summed E-state index contributed by atoms with van der Waals surface area (Å²) in [4.78, 5) is 0. The summed E-state index contributed by atoms with van der Waals surface area (Å²) in [6.07, 6.45) is 0.802. The monoisotopic (exact) mass is 413 g/mol. The standard InChI is InChI=1S/C17H18Br2FN/c1-3-21-17(14-7-4-11(2)8-16(14)19)9-12-5-6-13(20)10-15(12)18/h4-8,10,17,21H,3,9H2,1-2H3. The molecule has 4 heteroatoms. The minimum atomic E-state index is -0.220. The molecule has 2 aromatic rings. The maximum Gasteiger partial charge on any atom is 0.124 e. The van der Waals surface area contributed by atoms with Gasteiger partial charge >= 0.3 is 0 Å². The maximum absolute atomic E-state index is 13.2. The fraction of sp³-hybridized carbons (Fsp3) is 0.294. The fourth-order valence-corrected chi connectivity index (χ4v) is 3.64. The van der Waals surface area contributed by atoms with Crippen LogP contribution in [0.3, 0.4) is 0 Å². The van der Waals surface area contributed by atoms with E-state index in [1.807, 2.05) is 6.07 Å². The first kappa shape index (κ1) is 16.7. The molecule has 0 saturated carbocycles. The van der Waals surface area contributed by atoms with Crippen molar-refractivity contribution in [2.24, 2.45) is 0 Å². The summed E-state index contributed by atoms with van der Waals surface area (Å²) in [7, 11) is 0. The summed E-state index contributed by atoms with van der Waals surface area (Å²) in [5.74, 6) is -0.220. The highest BCUT2D eigenvalue weighted by molar-refractivity contribution is 9.10. The van der Waals surface area contributed by atoms with Crippen LogP contribution in [-0.2, 0) is 6.42 Å². The van der Waals surface area contributed by atoms with Crippen LogP contribution in [0.5, 0.6) is 0 Å². The first-order valence-electron chi connectivity index (χ1n) is 6.94. The lowest BCUT2D eigenvalue weighted by Gasteiger charge is -2.21. The van der Waals surface area contributed by atoms with Gasteiger partial charge in [-0.25, -0.2) is 4.39 Å². The Hall–Kier alpha value is -0.710. The molecule has 0 amide bonds. The van der Waals surface area contributed by atoms with Gasteiger partial charge in [-0.2, -0.15) is 0 Å². The average molecular weight is 415 g/mol. The molecule has 0 aliphatic carbocycles. The lowest BCUT2D eigenvalue weighted by molar-refractivity contribution is 0.546. The summed E-state index contributed by atoms with van der Waals surface area (Å²) in [6, 6.07) is 11.4. The number of benzene rings is 2. The van der Waals surface area contributed by atoms with Gasteiger partial charge in [-0.05, 0) is 54.8 Å². The Kier molecular flexibility index (Phi) is 5.97. The molecule has 0 aromatic heterocycles. The van der Waals surface area contributed by atoms with E-state index in [-0.39, 0.29) is 11.9 Å². The first-order valence-corrected chi connectivity index (χ1v) is 8.53. The third-order valence-electron chi connectivity index (χ3n) is 3.42. The van der Waals surface area contributed by atoms with Crippen LogP contribution in [-0.4, -0.2) is 6.54 Å². The molecule has 0 spiro atoms. The first-order chi connectivity index (χ1) is 10.0. The van der Waals surface area contributed by atoms with Crippen LogP contribution in [0.15, 0.2) is 45.3 Å². The molecule has 0 fully saturated rings. The lowest BCUT2D eigenvalue weighted by Crippen LogP contribution is -2.23. The second-order valence-corrected chi connectivity index (χ2v) is 6.78. The van der Waals surface area contributed by atoms with Gasteiger partial charge in [0.2, 0.25) is 0 Å². The Bertz CT molecular complexity index is 628. The molecule has 0 heterocycles. The molecular weight excluding hydrogens is 397 g/mol. The Morgan fingerprint density at radius 2 is 1.86 bits per heavy atom. The quantitative estimate of drug-likeness (QED) is 0.675. The van der Waals surface area contributed by atoms with Crippen LogP contribution >= 0.6 is 31.9 Å². The van der Waals surface area contributed by atoms with E-state index in [4.69, 9.17) is 0 Å². The van der Waals surface area contributed by atoms with E-state index in [2.05, 4.69) is 69.2 Å². The van der Waals surface area contributed by atoms with Crippen LogP contribution in [0.4, 0.5) is 4.39 Å². The zero-order valence-corrected chi connectivity index (χ0v) is 15.3. The van der Waals surface area contributed by atoms with Crippen molar-refractivity contribution >= 4 is 31.9 Å². The van der Waals surface area contributed by atoms with Crippen LogP contribution in [0, 0.1) is 12.7 Å². The van der Waals surface area contributed by atoms with E-state index in [0.29, 0.717) is 0 Å². The summed E-state index contributed by atoms with van der Waals surface area (Å²) >= 11 is 7.10. The van der Waals surface area contributed by atoms with Gasteiger partial charge in [0.05, 0.1) is 0 Å². The van der Waals surface area contributed by atoms with Crippen molar-refractivity contribution in [3.8, 4) is 0 Å². The zero-order chi connectivity index (χ0) is 15.4. The number of nitrogens with one attached hydrogen (secondary N) is 1. The number of aryl methyl sites for hydroxylation is 1. The van der Waals surface area contributed by atoms with Crippen LogP contribution in [0.25, 0.3) is 0 Å². The van der Waals surface area contributed by atoms with Crippen LogP contribution < -0.4 is 5.32 Å². The van der Waals surface area contributed by atoms with Gasteiger partial charge < -0.3 is 5.32 Å². The number of likely N-dealkylation sites (N-methyl/N-ethyl adjacent to an activating group) is 1.